The molecular weight excluding hydrogens is 256 g/mol. The van der Waals surface area contributed by atoms with Gasteiger partial charge in [0.05, 0.1) is 28.8 Å². The van der Waals surface area contributed by atoms with Crippen LogP contribution in [0.15, 0.2) is 42.5 Å². The Morgan fingerprint density at radius 2 is 1.95 bits per heavy atom. The third-order valence-corrected chi connectivity index (χ3v) is 2.76. The van der Waals surface area contributed by atoms with E-state index in [9.17, 15) is 10.1 Å². The topological polar surface area (TPSA) is 105 Å². The molecule has 0 radical (unpaired) electrons. The number of anilines is 3. The molecule has 0 saturated heterocycles. The Morgan fingerprint density at radius 3 is 2.50 bits per heavy atom. The van der Waals surface area contributed by atoms with Crippen LogP contribution in [-0.2, 0) is 6.42 Å². The van der Waals surface area contributed by atoms with Crippen molar-refractivity contribution in [3.05, 3.63) is 58.1 Å². The highest BCUT2D eigenvalue weighted by molar-refractivity contribution is 5.74. The number of nitrogens with zero attached hydrogens (tertiary/aromatic N) is 2. The first kappa shape index (κ1) is 13.4. The van der Waals surface area contributed by atoms with E-state index in [-0.39, 0.29) is 5.69 Å². The molecule has 0 fully saturated rings. The van der Waals surface area contributed by atoms with E-state index in [2.05, 4.69) is 11.4 Å². The van der Waals surface area contributed by atoms with E-state index in [1.165, 1.54) is 12.1 Å². The van der Waals surface area contributed by atoms with Crippen LogP contribution in [0.1, 0.15) is 5.56 Å². The van der Waals surface area contributed by atoms with Crippen molar-refractivity contribution >= 4 is 22.7 Å². The van der Waals surface area contributed by atoms with Gasteiger partial charge in [-0.3, -0.25) is 10.1 Å². The van der Waals surface area contributed by atoms with Gasteiger partial charge in [-0.1, -0.05) is 12.1 Å². The summed E-state index contributed by atoms with van der Waals surface area (Å²) < 4.78 is 0. The molecule has 100 valence electrons. The lowest BCUT2D eigenvalue weighted by molar-refractivity contribution is -0.384. The van der Waals surface area contributed by atoms with Gasteiger partial charge >= 0.3 is 0 Å². The summed E-state index contributed by atoms with van der Waals surface area (Å²) in [6.07, 6.45) is 0.361. The molecule has 0 aliphatic rings. The van der Waals surface area contributed by atoms with Crippen molar-refractivity contribution in [2.75, 3.05) is 11.1 Å². The highest BCUT2D eigenvalue weighted by atomic mass is 16.6. The van der Waals surface area contributed by atoms with Gasteiger partial charge in [0.15, 0.2) is 0 Å². The smallest absolute Gasteiger partial charge is 0.271 e. The molecular formula is C14H12N4O2. The summed E-state index contributed by atoms with van der Waals surface area (Å²) in [5, 5.41) is 22.3. The van der Waals surface area contributed by atoms with E-state index >= 15 is 0 Å². The first-order valence-corrected chi connectivity index (χ1v) is 5.87. The van der Waals surface area contributed by atoms with Gasteiger partial charge in [0.25, 0.3) is 5.69 Å². The SMILES string of the molecule is N#CCc1ccc(Nc2ccc([N+](=O)[O-])cc2N)cc1. The third-order valence-electron chi connectivity index (χ3n) is 2.76. The molecule has 3 N–H and O–H groups in total. The van der Waals surface area contributed by atoms with Crippen LogP contribution in [-0.4, -0.2) is 4.92 Å². The normalized spacial score (nSPS) is 9.75. The summed E-state index contributed by atoms with van der Waals surface area (Å²) in [6.45, 7) is 0. The fourth-order valence-electron chi connectivity index (χ4n) is 1.73. The number of nitro benzene ring substituents is 1. The summed E-state index contributed by atoms with van der Waals surface area (Å²) in [5.74, 6) is 0. The van der Waals surface area contributed by atoms with Crippen LogP contribution in [0.2, 0.25) is 0 Å². The molecule has 0 saturated carbocycles. The van der Waals surface area contributed by atoms with Crippen molar-refractivity contribution in [3.63, 3.8) is 0 Å². The molecule has 0 unspecified atom stereocenters. The third kappa shape index (κ3) is 3.03. The second kappa shape index (κ2) is 5.71. The number of hydrogen-bond acceptors (Lipinski definition) is 5. The largest absolute Gasteiger partial charge is 0.397 e. The van der Waals surface area contributed by atoms with Gasteiger partial charge in [-0.2, -0.15) is 5.26 Å². The number of nitrogens with two attached hydrogens (primary N) is 1. The fraction of sp³-hybridized carbons (Fsp3) is 0.0714. The molecule has 2 aromatic carbocycles. The standard InChI is InChI=1S/C14H12N4O2/c15-8-7-10-1-3-11(4-2-10)17-14-6-5-12(18(19)20)9-13(14)16/h1-6,9,17H,7,16H2. The molecule has 0 amide bonds. The molecule has 2 aromatic rings. The lowest BCUT2D eigenvalue weighted by atomic mass is 10.1. The van der Waals surface area contributed by atoms with Crippen LogP contribution >= 0.6 is 0 Å². The monoisotopic (exact) mass is 268 g/mol. The summed E-state index contributed by atoms with van der Waals surface area (Å²) in [7, 11) is 0. The lowest BCUT2D eigenvalue weighted by Crippen LogP contribution is -1.98. The van der Waals surface area contributed by atoms with Crippen LogP contribution in [0.4, 0.5) is 22.7 Å². The number of benzene rings is 2. The average Bonchev–Trinajstić information content (AvgIpc) is 2.43. The lowest BCUT2D eigenvalue weighted by Gasteiger charge is -2.09. The van der Waals surface area contributed by atoms with Crippen molar-refractivity contribution in [1.82, 2.24) is 0 Å². The van der Waals surface area contributed by atoms with E-state index in [1.54, 1.807) is 6.07 Å². The molecule has 0 bridgehead atoms. The minimum atomic E-state index is -0.489. The van der Waals surface area contributed by atoms with E-state index in [1.807, 2.05) is 24.3 Å². The summed E-state index contributed by atoms with van der Waals surface area (Å²) in [5.41, 5.74) is 8.36. The number of nitrogens with one attached hydrogen (secondary N) is 1. The van der Waals surface area contributed by atoms with Crippen molar-refractivity contribution in [2.24, 2.45) is 0 Å². The number of hydrogen-bond donors (Lipinski definition) is 2. The zero-order chi connectivity index (χ0) is 14.5. The molecule has 0 aliphatic carbocycles. The molecule has 0 spiro atoms. The number of nitriles is 1. The zero-order valence-electron chi connectivity index (χ0n) is 10.5. The Morgan fingerprint density at radius 1 is 1.25 bits per heavy atom. The Bertz CT molecular complexity index is 675. The van der Waals surface area contributed by atoms with Crippen molar-refractivity contribution in [3.8, 4) is 6.07 Å². The summed E-state index contributed by atoms with van der Waals surface area (Å²) in [4.78, 5) is 10.1. The maximum Gasteiger partial charge on any atom is 0.271 e. The van der Waals surface area contributed by atoms with Crippen LogP contribution < -0.4 is 11.1 Å². The van der Waals surface area contributed by atoms with Crippen molar-refractivity contribution < 1.29 is 4.92 Å². The van der Waals surface area contributed by atoms with Crippen LogP contribution in [0, 0.1) is 21.4 Å². The predicted molar refractivity (Wildman–Crippen MR) is 76.6 cm³/mol. The molecule has 0 heterocycles. The average molecular weight is 268 g/mol. The predicted octanol–water partition coefficient (Wildman–Crippen LogP) is 2.99. The maximum absolute atomic E-state index is 10.6. The Balaban J connectivity index is 2.17. The summed E-state index contributed by atoms with van der Waals surface area (Å²) in [6, 6.07) is 13.7. The highest BCUT2D eigenvalue weighted by Crippen LogP contribution is 2.27. The van der Waals surface area contributed by atoms with E-state index in [0.717, 1.165) is 11.3 Å². The van der Waals surface area contributed by atoms with Gasteiger partial charge in [0.1, 0.15) is 0 Å². The molecule has 20 heavy (non-hydrogen) atoms. The number of nitro groups is 1. The number of nitrogen functional groups attached to an aromatic ring is 1. The van der Waals surface area contributed by atoms with Gasteiger partial charge in [-0.05, 0) is 23.8 Å². The molecule has 0 aromatic heterocycles. The molecule has 6 nitrogen and oxygen atoms in total. The van der Waals surface area contributed by atoms with Gasteiger partial charge in [0.2, 0.25) is 0 Å². The Labute approximate surface area is 115 Å². The van der Waals surface area contributed by atoms with Gasteiger partial charge in [-0.25, -0.2) is 0 Å². The van der Waals surface area contributed by atoms with Crippen LogP contribution in [0.3, 0.4) is 0 Å². The van der Waals surface area contributed by atoms with Gasteiger partial charge < -0.3 is 11.1 Å². The van der Waals surface area contributed by atoms with E-state index in [0.29, 0.717) is 17.8 Å². The fourth-order valence-corrected chi connectivity index (χ4v) is 1.73. The van der Waals surface area contributed by atoms with Crippen molar-refractivity contribution in [2.45, 2.75) is 6.42 Å². The number of non-ortho nitro benzene ring substituents is 1. The Kier molecular flexibility index (Phi) is 3.82. The summed E-state index contributed by atoms with van der Waals surface area (Å²) >= 11 is 0. The second-order valence-corrected chi connectivity index (χ2v) is 4.19. The Hall–Kier alpha value is -3.07. The van der Waals surface area contributed by atoms with Gasteiger partial charge in [-0.15, -0.1) is 0 Å². The first-order valence-electron chi connectivity index (χ1n) is 5.87. The minimum absolute atomic E-state index is 0.0441. The van der Waals surface area contributed by atoms with E-state index < -0.39 is 4.92 Å². The van der Waals surface area contributed by atoms with Crippen molar-refractivity contribution in [1.29, 1.82) is 5.26 Å². The second-order valence-electron chi connectivity index (χ2n) is 4.19. The molecule has 6 heteroatoms. The molecule has 2 rings (SSSR count). The number of rotatable bonds is 4. The highest BCUT2D eigenvalue weighted by Gasteiger charge is 2.08. The van der Waals surface area contributed by atoms with Gasteiger partial charge in [0, 0.05) is 17.8 Å². The first-order chi connectivity index (χ1) is 9.60. The zero-order valence-corrected chi connectivity index (χ0v) is 10.5. The van der Waals surface area contributed by atoms with Crippen LogP contribution in [0.25, 0.3) is 0 Å². The van der Waals surface area contributed by atoms with E-state index in [4.69, 9.17) is 11.0 Å². The molecule has 0 atom stereocenters. The van der Waals surface area contributed by atoms with Crippen LogP contribution in [0.5, 0.6) is 0 Å². The quantitative estimate of drug-likeness (QED) is 0.503. The molecule has 0 aliphatic heterocycles. The maximum atomic E-state index is 10.6. The minimum Gasteiger partial charge on any atom is -0.397 e.